The lowest BCUT2D eigenvalue weighted by molar-refractivity contribution is 0.675. The Bertz CT molecular complexity index is 438. The molecule has 1 atom stereocenters. The van der Waals surface area contributed by atoms with Crippen LogP contribution in [0.15, 0.2) is 28.9 Å². The molecule has 1 unspecified atom stereocenters. The Balaban J connectivity index is 2.36. The molecule has 0 spiro atoms. The van der Waals surface area contributed by atoms with Crippen LogP contribution in [-0.2, 0) is 10.8 Å². The van der Waals surface area contributed by atoms with E-state index in [2.05, 4.69) is 15.2 Å². The molecule has 0 saturated carbocycles. The van der Waals surface area contributed by atoms with Gasteiger partial charge in [-0.15, -0.1) is 21.5 Å². The van der Waals surface area contributed by atoms with E-state index in [4.69, 9.17) is 0 Å². The van der Waals surface area contributed by atoms with Crippen molar-refractivity contribution in [2.45, 2.75) is 5.16 Å². The first-order chi connectivity index (χ1) is 6.77. The Morgan fingerprint density at radius 2 is 2.29 bits per heavy atom. The van der Waals surface area contributed by atoms with Gasteiger partial charge in [0.15, 0.2) is 0 Å². The average Bonchev–Trinajstić information content (AvgIpc) is 2.71. The lowest BCUT2D eigenvalue weighted by atomic mass is 10.4. The van der Waals surface area contributed by atoms with E-state index in [1.807, 2.05) is 17.5 Å². The molecule has 2 rings (SSSR count). The highest BCUT2D eigenvalue weighted by Crippen LogP contribution is 2.20. The van der Waals surface area contributed by atoms with E-state index in [1.54, 1.807) is 17.5 Å². The van der Waals surface area contributed by atoms with Crippen molar-refractivity contribution in [3.8, 4) is 10.6 Å². The van der Waals surface area contributed by atoms with Crippen LogP contribution in [-0.4, -0.2) is 25.6 Å². The molecule has 0 bridgehead atoms. The van der Waals surface area contributed by atoms with Crippen molar-refractivity contribution >= 4 is 22.1 Å². The highest BCUT2D eigenvalue weighted by atomic mass is 32.2. The Hall–Kier alpha value is -1.14. The summed E-state index contributed by atoms with van der Waals surface area (Å²) in [6, 6.07) is 3.88. The zero-order valence-electron chi connectivity index (χ0n) is 7.38. The van der Waals surface area contributed by atoms with E-state index < -0.39 is 10.8 Å². The van der Waals surface area contributed by atoms with Gasteiger partial charge in [0.25, 0.3) is 0 Å². The molecule has 72 valence electrons. The Kier molecular flexibility index (Phi) is 2.64. The number of hydrogen-bond donors (Lipinski definition) is 0. The van der Waals surface area contributed by atoms with Crippen molar-refractivity contribution in [1.29, 1.82) is 0 Å². The molecule has 0 aliphatic heterocycles. The molecule has 0 aromatic carbocycles. The lowest BCUT2D eigenvalue weighted by Gasteiger charge is -1.95. The fourth-order valence-electron chi connectivity index (χ4n) is 0.934. The number of nitrogens with zero attached hydrogens (tertiary/aromatic N) is 3. The predicted molar refractivity (Wildman–Crippen MR) is 55.5 cm³/mol. The molecule has 4 nitrogen and oxygen atoms in total. The summed E-state index contributed by atoms with van der Waals surface area (Å²) in [4.78, 5) is 4.98. The van der Waals surface area contributed by atoms with Crippen LogP contribution < -0.4 is 0 Å². The van der Waals surface area contributed by atoms with Gasteiger partial charge < -0.3 is 0 Å². The standard InChI is InChI=1S/C8H7N3OS2/c1-14(12)8-9-5-6(10-11-8)7-3-2-4-13-7/h2-5H,1H3. The highest BCUT2D eigenvalue weighted by molar-refractivity contribution is 7.84. The predicted octanol–water partition coefficient (Wildman–Crippen LogP) is 1.34. The van der Waals surface area contributed by atoms with Gasteiger partial charge in [-0.3, -0.25) is 4.21 Å². The molecule has 0 fully saturated rings. The zero-order chi connectivity index (χ0) is 9.97. The SMILES string of the molecule is CS(=O)c1ncc(-c2cccs2)nn1. The third kappa shape index (κ3) is 1.85. The van der Waals surface area contributed by atoms with Crippen molar-refractivity contribution < 1.29 is 4.21 Å². The molecular weight excluding hydrogens is 218 g/mol. The topological polar surface area (TPSA) is 55.7 Å². The summed E-state index contributed by atoms with van der Waals surface area (Å²) in [6.07, 6.45) is 3.12. The molecule has 0 amide bonds. The largest absolute Gasteiger partial charge is 0.251 e. The van der Waals surface area contributed by atoms with Crippen LogP contribution >= 0.6 is 11.3 Å². The Morgan fingerprint density at radius 1 is 1.43 bits per heavy atom. The molecule has 0 aliphatic rings. The summed E-state index contributed by atoms with van der Waals surface area (Å²) in [5, 5.41) is 9.96. The molecule has 2 aromatic rings. The molecular formula is C8H7N3OS2. The zero-order valence-corrected chi connectivity index (χ0v) is 9.01. The maximum atomic E-state index is 11.0. The van der Waals surface area contributed by atoms with E-state index in [1.165, 1.54) is 6.26 Å². The average molecular weight is 225 g/mol. The van der Waals surface area contributed by atoms with E-state index in [9.17, 15) is 4.21 Å². The third-order valence-corrected chi connectivity index (χ3v) is 3.16. The van der Waals surface area contributed by atoms with Gasteiger partial charge in [-0.05, 0) is 11.4 Å². The number of rotatable bonds is 2. The summed E-state index contributed by atoms with van der Waals surface area (Å²) in [7, 11) is -1.17. The summed E-state index contributed by atoms with van der Waals surface area (Å²) in [5.41, 5.74) is 0.717. The van der Waals surface area contributed by atoms with Gasteiger partial charge >= 0.3 is 0 Å². The van der Waals surface area contributed by atoms with Gasteiger partial charge in [0.2, 0.25) is 5.16 Å². The van der Waals surface area contributed by atoms with Crippen LogP contribution in [0, 0.1) is 0 Å². The summed E-state index contributed by atoms with van der Waals surface area (Å²) in [6.45, 7) is 0. The molecule has 0 aliphatic carbocycles. The van der Waals surface area contributed by atoms with Gasteiger partial charge in [0.05, 0.1) is 21.9 Å². The molecule has 0 radical (unpaired) electrons. The number of aromatic nitrogens is 3. The maximum Gasteiger partial charge on any atom is 0.239 e. The second kappa shape index (κ2) is 3.93. The first kappa shape index (κ1) is 9.42. The first-order valence-electron chi connectivity index (χ1n) is 3.84. The van der Waals surface area contributed by atoms with Crippen molar-refractivity contribution in [3.63, 3.8) is 0 Å². The van der Waals surface area contributed by atoms with E-state index in [0.29, 0.717) is 5.69 Å². The van der Waals surface area contributed by atoms with Gasteiger partial charge in [0.1, 0.15) is 5.69 Å². The minimum absolute atomic E-state index is 0.269. The van der Waals surface area contributed by atoms with Gasteiger partial charge in [-0.2, -0.15) is 0 Å². The van der Waals surface area contributed by atoms with E-state index in [-0.39, 0.29) is 5.16 Å². The smallest absolute Gasteiger partial charge is 0.239 e. The fourth-order valence-corrected chi connectivity index (χ4v) is 1.97. The summed E-state index contributed by atoms with van der Waals surface area (Å²) >= 11 is 1.57. The van der Waals surface area contributed by atoms with Crippen LogP contribution in [0.3, 0.4) is 0 Å². The number of hydrogen-bond acceptors (Lipinski definition) is 5. The molecule has 2 aromatic heterocycles. The fraction of sp³-hybridized carbons (Fsp3) is 0.125. The highest BCUT2D eigenvalue weighted by Gasteiger charge is 2.04. The van der Waals surface area contributed by atoms with Gasteiger partial charge in [-0.1, -0.05) is 6.07 Å². The van der Waals surface area contributed by atoms with Crippen molar-refractivity contribution in [3.05, 3.63) is 23.7 Å². The second-order valence-corrected chi connectivity index (χ2v) is 4.78. The van der Waals surface area contributed by atoms with Gasteiger partial charge in [-0.25, -0.2) is 4.98 Å². The second-order valence-electron chi connectivity index (χ2n) is 2.56. The monoisotopic (exact) mass is 225 g/mol. The van der Waals surface area contributed by atoms with Crippen molar-refractivity contribution in [2.75, 3.05) is 6.26 Å². The normalized spacial score (nSPS) is 12.6. The molecule has 14 heavy (non-hydrogen) atoms. The Labute approximate surface area is 87.5 Å². The van der Waals surface area contributed by atoms with Crippen LogP contribution in [0.1, 0.15) is 0 Å². The summed E-state index contributed by atoms with van der Waals surface area (Å²) in [5.74, 6) is 0. The first-order valence-corrected chi connectivity index (χ1v) is 6.28. The molecule has 0 N–H and O–H groups in total. The van der Waals surface area contributed by atoms with Gasteiger partial charge in [0, 0.05) is 6.26 Å². The minimum atomic E-state index is -1.17. The quantitative estimate of drug-likeness (QED) is 0.774. The van der Waals surface area contributed by atoms with Crippen molar-refractivity contribution in [2.24, 2.45) is 0 Å². The number of thiophene rings is 1. The lowest BCUT2D eigenvalue weighted by Crippen LogP contribution is -1.99. The third-order valence-electron chi connectivity index (χ3n) is 1.57. The van der Waals surface area contributed by atoms with E-state index >= 15 is 0 Å². The van der Waals surface area contributed by atoms with Crippen LogP contribution in [0.4, 0.5) is 0 Å². The van der Waals surface area contributed by atoms with Crippen LogP contribution in [0.25, 0.3) is 10.6 Å². The summed E-state index contributed by atoms with van der Waals surface area (Å²) < 4.78 is 11.0. The Morgan fingerprint density at radius 3 is 2.79 bits per heavy atom. The molecule has 0 saturated heterocycles. The van der Waals surface area contributed by atoms with E-state index in [0.717, 1.165) is 4.88 Å². The molecule has 6 heteroatoms. The van der Waals surface area contributed by atoms with Crippen LogP contribution in [0.5, 0.6) is 0 Å². The minimum Gasteiger partial charge on any atom is -0.251 e. The van der Waals surface area contributed by atoms with Crippen LogP contribution in [0.2, 0.25) is 0 Å². The maximum absolute atomic E-state index is 11.0. The molecule has 2 heterocycles. The van der Waals surface area contributed by atoms with Crippen molar-refractivity contribution in [1.82, 2.24) is 15.2 Å².